The summed E-state index contributed by atoms with van der Waals surface area (Å²) in [5, 5.41) is 19.8. The fourth-order valence-corrected chi connectivity index (χ4v) is 18.0. The first-order chi connectivity index (χ1) is 61.9. The van der Waals surface area contributed by atoms with E-state index in [1.54, 1.807) is 12.2 Å². The number of nitrogens with one attached hydrogen (secondary N) is 6. The Bertz CT molecular complexity index is 4700. The van der Waals surface area contributed by atoms with Gasteiger partial charge in [0.25, 0.3) is 0 Å². The van der Waals surface area contributed by atoms with Gasteiger partial charge in [-0.1, -0.05) is 242 Å². The van der Waals surface area contributed by atoms with Crippen molar-refractivity contribution in [3.05, 3.63) is 339 Å². The number of halogens is 2. The smallest absolute Gasteiger partial charge is 0.244 e. The van der Waals surface area contributed by atoms with Crippen molar-refractivity contribution in [2.75, 3.05) is 105 Å². The summed E-state index contributed by atoms with van der Waals surface area (Å²) in [6.07, 6.45) is 21.1. The number of nitrogens with two attached hydrogens (primary N) is 1. The summed E-state index contributed by atoms with van der Waals surface area (Å²) in [4.78, 5) is 90.9. The lowest BCUT2D eigenvalue weighted by Gasteiger charge is -2.31. The minimum Gasteiger partial charge on any atom is -0.351 e. The minimum atomic E-state index is -0.723. The lowest BCUT2D eigenvalue weighted by Crippen LogP contribution is -2.50. The molecule has 20 heteroatoms. The van der Waals surface area contributed by atoms with Crippen molar-refractivity contribution in [1.29, 1.82) is 0 Å². The molecule has 18 nitrogen and oxygen atoms in total. The lowest BCUT2D eigenvalue weighted by molar-refractivity contribution is -0.133. The number of hydrogen-bond donors (Lipinski definition) is 7. The summed E-state index contributed by atoms with van der Waals surface area (Å²) in [6.45, 7) is 19.6. The lowest BCUT2D eigenvalue weighted by atomic mass is 9.90. The van der Waals surface area contributed by atoms with E-state index >= 15 is 0 Å². The molecule has 14 rings (SSSR count). The number of carbonyl (C=O) groups excluding carboxylic acids is 6. The van der Waals surface area contributed by atoms with Crippen LogP contribution in [0.3, 0.4) is 0 Å². The van der Waals surface area contributed by atoms with Crippen LogP contribution in [0, 0.1) is 39.3 Å². The van der Waals surface area contributed by atoms with Crippen LogP contribution in [0.2, 0.25) is 0 Å². The van der Waals surface area contributed by atoms with Gasteiger partial charge in [0.15, 0.2) is 0 Å². The third-order valence-electron chi connectivity index (χ3n) is 25.2. The highest BCUT2D eigenvalue weighted by atomic mass is 19.1. The number of likely N-dealkylation sites (tertiary alicyclic amines) is 2. The fraction of sp³-hybridized carbons (Fsp3) is 0.383. The molecule has 9 aromatic carbocycles. The molecule has 668 valence electrons. The molecule has 5 aliphatic heterocycles. The van der Waals surface area contributed by atoms with Gasteiger partial charge in [0.1, 0.15) is 11.6 Å². The third-order valence-corrected chi connectivity index (χ3v) is 25.2. The number of nitrogens with zero attached hydrogens (tertiary/aromatic N) is 5. The molecule has 8 N–H and O–H groups in total. The second-order valence-corrected chi connectivity index (χ2v) is 34.7. The van der Waals surface area contributed by atoms with Gasteiger partial charge in [0.2, 0.25) is 35.4 Å². The second-order valence-electron chi connectivity index (χ2n) is 34.7. The van der Waals surface area contributed by atoms with E-state index in [2.05, 4.69) is 183 Å². The van der Waals surface area contributed by atoms with E-state index in [1.165, 1.54) is 101 Å². The van der Waals surface area contributed by atoms with Crippen LogP contribution in [-0.2, 0) is 28.8 Å². The zero-order chi connectivity index (χ0) is 89.1. The quantitative estimate of drug-likeness (QED) is 0.0196. The van der Waals surface area contributed by atoms with E-state index in [0.717, 1.165) is 92.9 Å². The summed E-state index contributed by atoms with van der Waals surface area (Å²) < 4.78 is 27.2. The van der Waals surface area contributed by atoms with Gasteiger partial charge in [0.05, 0.1) is 18.1 Å². The maximum absolute atomic E-state index is 14.2. The molecular formula is C107H130F2N12O6. The van der Waals surface area contributed by atoms with E-state index in [1.807, 2.05) is 132 Å². The number of piperidine rings is 2. The van der Waals surface area contributed by atoms with Gasteiger partial charge in [-0.3, -0.25) is 28.8 Å². The molecule has 5 heterocycles. The van der Waals surface area contributed by atoms with Crippen LogP contribution in [0.4, 0.5) is 8.78 Å². The Morgan fingerprint density at radius 3 is 0.961 bits per heavy atom. The molecule has 0 unspecified atom stereocenters. The molecule has 127 heavy (non-hydrogen) atoms. The molecule has 0 aromatic heterocycles. The first kappa shape index (κ1) is 94.8. The summed E-state index contributed by atoms with van der Waals surface area (Å²) >= 11 is 0. The minimum absolute atomic E-state index is 0.0145. The van der Waals surface area contributed by atoms with Crippen molar-refractivity contribution in [2.24, 2.45) is 5.73 Å². The summed E-state index contributed by atoms with van der Waals surface area (Å²) in [6, 6.07) is 76.9. The molecule has 0 aliphatic carbocycles. The molecule has 5 saturated heterocycles. The number of rotatable bonds is 32. The van der Waals surface area contributed by atoms with Crippen LogP contribution in [0.25, 0.3) is 18.2 Å². The van der Waals surface area contributed by atoms with Gasteiger partial charge in [-0.25, -0.2) is 8.78 Å². The summed E-state index contributed by atoms with van der Waals surface area (Å²) in [7, 11) is 0. The van der Waals surface area contributed by atoms with Gasteiger partial charge in [-0.15, -0.1) is 0 Å². The molecule has 0 bridgehead atoms. The second kappa shape index (κ2) is 49.7. The molecule has 5 fully saturated rings. The first-order valence-electron chi connectivity index (χ1n) is 45.9. The SMILES string of the molecule is Cc1ccc(/C=C/C(=O)NC[C@@H]2CCN(CC(c3ccccc3)c3ccccc3)C(=O)[C@H](CCN)N2)c(C)c1.Cc1ccc(/C=C/C(=O)NC[C@@H]2CCN(CC(c3ccccc3)c3ccccc3)C(=O)[C@H](CCN3CCCCC3)N2)c(C)c1.O=C(/C=C/c1ccc(F)cc1F)NC[C@@H]1CCN(CC(c2ccccc2)c2ccccc2)C(=O)[C@H](CCN2CCCCC2)N1. The van der Waals surface area contributed by atoms with Crippen LogP contribution in [0.15, 0.2) is 255 Å². The molecule has 0 spiro atoms. The number of carbonyl (C=O) groups is 6. The van der Waals surface area contributed by atoms with Crippen molar-refractivity contribution in [2.45, 2.75) is 159 Å². The highest BCUT2D eigenvalue weighted by Gasteiger charge is 2.37. The Hall–Kier alpha value is -11.4. The van der Waals surface area contributed by atoms with Gasteiger partial charge >= 0.3 is 0 Å². The molecule has 5 aliphatic rings. The van der Waals surface area contributed by atoms with E-state index in [-0.39, 0.29) is 95.0 Å². The Balaban J connectivity index is 0.000000173. The predicted octanol–water partition coefficient (Wildman–Crippen LogP) is 15.2. The Labute approximate surface area is 751 Å². The highest BCUT2D eigenvalue weighted by molar-refractivity contribution is 5.93. The van der Waals surface area contributed by atoms with E-state index in [0.29, 0.717) is 84.7 Å². The zero-order valence-corrected chi connectivity index (χ0v) is 74.5. The van der Waals surface area contributed by atoms with Crippen LogP contribution in [-0.4, -0.2) is 201 Å². The molecule has 0 saturated carbocycles. The number of aryl methyl sites for hydroxylation is 4. The zero-order valence-electron chi connectivity index (χ0n) is 74.5. The molecule has 6 atom stereocenters. The van der Waals surface area contributed by atoms with Crippen molar-refractivity contribution in [1.82, 2.24) is 56.4 Å². The van der Waals surface area contributed by atoms with Crippen molar-refractivity contribution in [3.8, 4) is 0 Å². The van der Waals surface area contributed by atoms with E-state index < -0.39 is 11.6 Å². The van der Waals surface area contributed by atoms with Gasteiger partial charge < -0.3 is 62.1 Å². The third kappa shape index (κ3) is 29.6. The maximum atomic E-state index is 14.2. The van der Waals surface area contributed by atoms with Gasteiger partial charge in [0, 0.05) is 138 Å². The maximum Gasteiger partial charge on any atom is 0.244 e. The van der Waals surface area contributed by atoms with Crippen LogP contribution >= 0.6 is 0 Å². The Morgan fingerprint density at radius 1 is 0.378 bits per heavy atom. The average molecular weight is 1720 g/mol. The first-order valence-corrected chi connectivity index (χ1v) is 45.9. The number of benzene rings is 9. The summed E-state index contributed by atoms with van der Waals surface area (Å²) in [5.41, 5.74) is 19.9. The van der Waals surface area contributed by atoms with Gasteiger partial charge in [-0.05, 0) is 211 Å². The average Bonchev–Trinajstić information content (AvgIpc) is 1.80. The standard InChI is InChI=1S/C38H48N4O2.C36H42F2N4O2.C33H40N4O2/c1-29-16-17-31(30(2)26-29)18-19-37(43)39-27-34-20-25-42(38(44)36(40-34)21-24-41-22-10-5-11-23-41)28-35(32-12-6-3-7-13-32)33-14-8-4-9-15-33;37-30-16-14-29(33(38)24-30)15-17-35(43)39-25-31-18-23-42(36(44)34(40-31)19-22-41-20-8-3-9-21-41)26-32(27-10-4-1-5-11-27)28-12-6-2-7-13-28;1-24-13-14-26(25(2)21-24)15-16-32(38)35-22-29-18-20-37(33(39)31(36-29)17-19-34)23-30(27-9-5-3-6-10-27)28-11-7-4-8-12-28/h3-4,6-9,12-19,26,34-36,40H,5,10-11,20-25,27-28H2,1-2H3,(H,39,43);1-2,4-7,10-17,24,31-32,34,40H,3,8-9,18-23,25-26H2,(H,39,43);3-16,21,29-31,36H,17-20,22-23,34H2,1-2H3,(H,35,38)/b19-18+;17-15+;16-15+/t34-,36-;31-,34-;29-,31-/m000/s1. The monoisotopic (exact) mass is 1720 g/mol. The van der Waals surface area contributed by atoms with Crippen LogP contribution in [0.5, 0.6) is 0 Å². The van der Waals surface area contributed by atoms with Crippen molar-refractivity contribution >= 4 is 53.7 Å². The van der Waals surface area contributed by atoms with Crippen LogP contribution < -0.4 is 37.6 Å². The topological polar surface area (TPSA) is 217 Å². The molecule has 0 radical (unpaired) electrons. The summed E-state index contributed by atoms with van der Waals surface area (Å²) in [5.74, 6) is -1.48. The molecule has 6 amide bonds. The van der Waals surface area contributed by atoms with E-state index in [4.69, 9.17) is 5.73 Å². The fourth-order valence-electron chi connectivity index (χ4n) is 18.0. The number of amides is 6. The largest absolute Gasteiger partial charge is 0.351 e. The highest BCUT2D eigenvalue weighted by Crippen LogP contribution is 2.32. The molecular weight excluding hydrogens is 1590 g/mol. The van der Waals surface area contributed by atoms with Crippen molar-refractivity contribution in [3.63, 3.8) is 0 Å². The van der Waals surface area contributed by atoms with E-state index in [9.17, 15) is 37.5 Å². The normalized spacial score (nSPS) is 19.2. The van der Waals surface area contributed by atoms with Crippen LogP contribution in [0.1, 0.15) is 167 Å². The van der Waals surface area contributed by atoms with Crippen molar-refractivity contribution < 1.29 is 37.5 Å². The molecule has 9 aromatic rings. The number of hydrogen-bond acceptors (Lipinski definition) is 12. The Morgan fingerprint density at radius 2 is 0.669 bits per heavy atom. The van der Waals surface area contributed by atoms with Gasteiger partial charge in [-0.2, -0.15) is 0 Å². The predicted molar refractivity (Wildman–Crippen MR) is 508 cm³/mol. The Kier molecular flexibility index (Phi) is 37.1.